The maximum Gasteiger partial charge on any atom is 0.335 e. The molecule has 0 saturated heterocycles. The molecule has 0 saturated carbocycles. The van der Waals surface area contributed by atoms with E-state index in [1.807, 2.05) is 13.8 Å². The lowest BCUT2D eigenvalue weighted by atomic mass is 10.1. The maximum absolute atomic E-state index is 12.8. The van der Waals surface area contributed by atoms with Gasteiger partial charge in [-0.05, 0) is 73.0 Å². The second kappa shape index (κ2) is 9.71. The minimum Gasteiger partial charge on any atom is -0.493 e. The van der Waals surface area contributed by atoms with E-state index in [1.165, 1.54) is 11.1 Å². The second-order valence-electron chi connectivity index (χ2n) is 8.88. The number of nitrogens with zero attached hydrogens (tertiary/aromatic N) is 3. The number of H-pyrrole nitrogens is 1. The molecule has 0 bridgehead atoms. The van der Waals surface area contributed by atoms with Gasteiger partial charge in [0.2, 0.25) is 5.88 Å². The third kappa shape index (κ3) is 4.39. The fourth-order valence-electron chi connectivity index (χ4n) is 4.26. The van der Waals surface area contributed by atoms with Crippen LogP contribution in [0, 0.1) is 13.8 Å². The fourth-order valence-corrected chi connectivity index (χ4v) is 4.51. The zero-order valence-electron chi connectivity index (χ0n) is 20.4. The summed E-state index contributed by atoms with van der Waals surface area (Å²) in [4.78, 5) is 58.3. The molecule has 0 radical (unpaired) electrons. The van der Waals surface area contributed by atoms with Crippen LogP contribution < -0.4 is 11.2 Å². The molecule has 2 heterocycles. The summed E-state index contributed by atoms with van der Waals surface area (Å²) in [6.45, 7) is 3.75. The van der Waals surface area contributed by atoms with Crippen molar-refractivity contribution in [3.63, 3.8) is 0 Å². The van der Waals surface area contributed by atoms with E-state index >= 15 is 0 Å². The number of aromatic hydroxyl groups is 1. The van der Waals surface area contributed by atoms with Crippen molar-refractivity contribution >= 4 is 39.6 Å². The van der Waals surface area contributed by atoms with E-state index in [4.69, 9.17) is 0 Å². The molecule has 10 heteroatoms. The summed E-state index contributed by atoms with van der Waals surface area (Å²) < 4.78 is 1.82. The lowest BCUT2D eigenvalue weighted by molar-refractivity contribution is 0.0642. The van der Waals surface area contributed by atoms with Crippen LogP contribution in [-0.2, 0) is 6.54 Å². The first-order valence-corrected chi connectivity index (χ1v) is 12.4. The Kier molecular flexibility index (Phi) is 6.41. The molecule has 1 aliphatic heterocycles. The van der Waals surface area contributed by atoms with Gasteiger partial charge in [0.25, 0.3) is 17.4 Å². The third-order valence-electron chi connectivity index (χ3n) is 6.40. The zero-order valence-corrected chi connectivity index (χ0v) is 21.9. The van der Waals surface area contributed by atoms with Gasteiger partial charge in [-0.1, -0.05) is 34.1 Å². The molecule has 38 heavy (non-hydrogen) atoms. The summed E-state index contributed by atoms with van der Waals surface area (Å²) in [5.74, 6) is -1.27. The minimum atomic E-state index is -0.792. The maximum atomic E-state index is 12.8. The summed E-state index contributed by atoms with van der Waals surface area (Å²) >= 11 is 3.40. The molecule has 2 N–H and O–H groups in total. The van der Waals surface area contributed by atoms with Gasteiger partial charge >= 0.3 is 5.69 Å². The van der Waals surface area contributed by atoms with Gasteiger partial charge < -0.3 is 5.11 Å². The number of hydrogen-bond donors (Lipinski definition) is 2. The highest BCUT2D eigenvalue weighted by molar-refractivity contribution is 9.10. The number of amides is 2. The first kappa shape index (κ1) is 25.1. The van der Waals surface area contributed by atoms with Crippen LogP contribution in [0.3, 0.4) is 0 Å². The van der Waals surface area contributed by atoms with Crippen LogP contribution in [0.2, 0.25) is 0 Å². The van der Waals surface area contributed by atoms with Gasteiger partial charge in [-0.15, -0.1) is 0 Å². The predicted octanol–water partition coefficient (Wildman–Crippen LogP) is 4.16. The Labute approximate surface area is 224 Å². The van der Waals surface area contributed by atoms with Gasteiger partial charge in [0.1, 0.15) is 5.56 Å². The monoisotopic (exact) mass is 572 g/mol. The van der Waals surface area contributed by atoms with Crippen molar-refractivity contribution in [2.45, 2.75) is 20.4 Å². The molecule has 1 aliphatic rings. The molecule has 0 atom stereocenters. The van der Waals surface area contributed by atoms with E-state index in [-0.39, 0.29) is 23.9 Å². The average Bonchev–Trinajstić information content (AvgIpc) is 3.12. The van der Waals surface area contributed by atoms with Crippen LogP contribution >= 0.6 is 15.9 Å². The molecule has 5 rings (SSSR count). The van der Waals surface area contributed by atoms with Gasteiger partial charge in [0, 0.05) is 10.7 Å². The quantitative estimate of drug-likeness (QED) is 0.274. The standard InChI is InChI=1S/C28H21BrN4O5/c1-15-7-8-18(12-17(15)14-32-25(35)20-5-3-4-6-21(20)26(32)36)30-13-22-24(34)31-28(38)33(27(22)37)19-9-10-23(29)16(2)11-19/h3-13,37H,14H2,1-2H3,(H,31,34,38). The number of rotatable bonds is 5. The number of imide groups is 1. The van der Waals surface area contributed by atoms with Gasteiger partial charge in [-0.25, -0.2) is 9.36 Å². The third-order valence-corrected chi connectivity index (χ3v) is 7.29. The first-order valence-electron chi connectivity index (χ1n) is 11.6. The van der Waals surface area contributed by atoms with Crippen molar-refractivity contribution in [3.8, 4) is 11.6 Å². The number of aromatic amines is 1. The van der Waals surface area contributed by atoms with E-state index in [9.17, 15) is 24.3 Å². The van der Waals surface area contributed by atoms with Crippen molar-refractivity contribution in [1.29, 1.82) is 0 Å². The molecular weight excluding hydrogens is 552 g/mol. The number of aryl methyl sites for hydroxylation is 2. The topological polar surface area (TPSA) is 125 Å². The highest BCUT2D eigenvalue weighted by atomic mass is 79.9. The average molecular weight is 573 g/mol. The Balaban J connectivity index is 1.47. The van der Waals surface area contributed by atoms with Crippen LogP contribution in [0.5, 0.6) is 5.88 Å². The smallest absolute Gasteiger partial charge is 0.335 e. The van der Waals surface area contributed by atoms with Crippen molar-refractivity contribution in [2.24, 2.45) is 4.99 Å². The highest BCUT2D eigenvalue weighted by Gasteiger charge is 2.35. The van der Waals surface area contributed by atoms with E-state index in [0.29, 0.717) is 28.1 Å². The Morgan fingerprint density at radius 2 is 1.61 bits per heavy atom. The Morgan fingerprint density at radius 3 is 2.26 bits per heavy atom. The number of nitrogens with one attached hydrogen (secondary N) is 1. The number of fused-ring (bicyclic) bond motifs is 1. The molecule has 3 aromatic carbocycles. The summed E-state index contributed by atoms with van der Waals surface area (Å²) in [6, 6.07) is 16.9. The molecule has 0 fully saturated rings. The molecule has 0 aliphatic carbocycles. The number of aromatic nitrogens is 2. The van der Waals surface area contributed by atoms with Gasteiger partial charge in [0.05, 0.1) is 29.0 Å². The number of carbonyl (C=O) groups is 2. The van der Waals surface area contributed by atoms with Crippen LogP contribution in [-0.4, -0.2) is 37.6 Å². The molecule has 0 spiro atoms. The Hall–Kier alpha value is -4.57. The lowest BCUT2D eigenvalue weighted by Gasteiger charge is -2.16. The fraction of sp³-hybridized carbons (Fsp3) is 0.107. The van der Waals surface area contributed by atoms with Gasteiger partial charge in [0.15, 0.2) is 0 Å². The summed E-state index contributed by atoms with van der Waals surface area (Å²) in [6.07, 6.45) is 1.17. The molecule has 190 valence electrons. The first-order chi connectivity index (χ1) is 18.2. The normalized spacial score (nSPS) is 13.0. The van der Waals surface area contributed by atoms with E-state index in [2.05, 4.69) is 25.9 Å². The minimum absolute atomic E-state index is 0.0567. The van der Waals surface area contributed by atoms with Crippen LogP contribution in [0.15, 0.2) is 79.7 Å². The predicted molar refractivity (Wildman–Crippen MR) is 146 cm³/mol. The molecule has 2 amide bonds. The number of halogens is 1. The zero-order chi connectivity index (χ0) is 27.1. The van der Waals surface area contributed by atoms with E-state index in [0.717, 1.165) is 20.2 Å². The van der Waals surface area contributed by atoms with Crippen LogP contribution in [0.25, 0.3) is 5.69 Å². The summed E-state index contributed by atoms with van der Waals surface area (Å²) in [7, 11) is 0. The number of aliphatic imine (C=N–C) groups is 1. The molecule has 1 aromatic heterocycles. The van der Waals surface area contributed by atoms with Crippen molar-refractivity contribution in [3.05, 3.63) is 119 Å². The van der Waals surface area contributed by atoms with Gasteiger partial charge in [-0.3, -0.25) is 29.3 Å². The summed E-state index contributed by atoms with van der Waals surface area (Å²) in [5.41, 5.74) is 2.14. The number of hydrogen-bond acceptors (Lipinski definition) is 6. The molecule has 9 nitrogen and oxygen atoms in total. The Morgan fingerprint density at radius 1 is 0.921 bits per heavy atom. The van der Waals surface area contributed by atoms with E-state index < -0.39 is 17.1 Å². The van der Waals surface area contributed by atoms with Crippen LogP contribution in [0.4, 0.5) is 5.69 Å². The second-order valence-corrected chi connectivity index (χ2v) is 9.73. The van der Waals surface area contributed by atoms with Crippen molar-refractivity contribution < 1.29 is 14.7 Å². The molecule has 4 aromatic rings. The van der Waals surface area contributed by atoms with E-state index in [1.54, 1.807) is 60.7 Å². The SMILES string of the molecule is Cc1cc(-n2c(O)c(C=Nc3ccc(C)c(CN4C(=O)c5ccccc5C4=O)c3)c(=O)[nH]c2=O)ccc1Br. The van der Waals surface area contributed by atoms with Crippen molar-refractivity contribution in [1.82, 2.24) is 14.5 Å². The number of carbonyl (C=O) groups excluding carboxylic acids is 2. The highest BCUT2D eigenvalue weighted by Crippen LogP contribution is 2.27. The van der Waals surface area contributed by atoms with Crippen LogP contribution in [0.1, 0.15) is 43.0 Å². The Bertz CT molecular complexity index is 1750. The van der Waals surface area contributed by atoms with Crippen molar-refractivity contribution in [2.75, 3.05) is 0 Å². The summed E-state index contributed by atoms with van der Waals surface area (Å²) in [5, 5.41) is 10.8. The van der Waals surface area contributed by atoms with Gasteiger partial charge in [-0.2, -0.15) is 0 Å². The lowest BCUT2D eigenvalue weighted by Crippen LogP contribution is -2.31. The number of benzene rings is 3. The molecule has 0 unspecified atom stereocenters. The molecular formula is C28H21BrN4O5. The largest absolute Gasteiger partial charge is 0.493 e.